The van der Waals surface area contributed by atoms with Crippen LogP contribution in [0.3, 0.4) is 0 Å². The fourth-order valence-electron chi connectivity index (χ4n) is 4.74. The third kappa shape index (κ3) is 5.38. The number of benzene rings is 2. The number of rotatable bonds is 7. The summed E-state index contributed by atoms with van der Waals surface area (Å²) in [4.78, 5) is 39.7. The average Bonchev–Trinajstić information content (AvgIpc) is 3.20. The van der Waals surface area contributed by atoms with Gasteiger partial charge in [0.25, 0.3) is 0 Å². The summed E-state index contributed by atoms with van der Waals surface area (Å²) in [5, 5.41) is 11.8. The van der Waals surface area contributed by atoms with Crippen LogP contribution in [0.1, 0.15) is 30.9 Å². The van der Waals surface area contributed by atoms with E-state index in [1.165, 1.54) is 11.1 Å². The summed E-state index contributed by atoms with van der Waals surface area (Å²) < 4.78 is 5.52. The number of ether oxygens (including phenoxy) is 1. The van der Waals surface area contributed by atoms with Crippen molar-refractivity contribution in [3.8, 4) is 11.1 Å². The van der Waals surface area contributed by atoms with E-state index in [2.05, 4.69) is 29.6 Å². The molecule has 1 atom stereocenters. The monoisotopic (exact) mass is 477 g/mol. The summed E-state index contributed by atoms with van der Waals surface area (Å²) >= 11 is 0. The molecule has 0 aromatic heterocycles. The van der Waals surface area contributed by atoms with E-state index in [4.69, 9.17) is 9.84 Å². The molecule has 184 valence electrons. The van der Waals surface area contributed by atoms with E-state index >= 15 is 0 Å². The van der Waals surface area contributed by atoms with Crippen LogP contribution in [0.4, 0.5) is 4.79 Å². The maximum atomic E-state index is 12.7. The first-order valence-corrected chi connectivity index (χ1v) is 11.9. The number of carboxylic acid groups (broad SMARTS) is 1. The molecule has 2 aromatic carbocycles. The summed E-state index contributed by atoms with van der Waals surface area (Å²) in [6, 6.07) is 15.8. The topological polar surface area (TPSA) is 99.2 Å². The first-order valence-electron chi connectivity index (χ1n) is 11.9. The molecular formula is C27H31N3O5. The minimum Gasteiger partial charge on any atom is -0.480 e. The van der Waals surface area contributed by atoms with Crippen molar-refractivity contribution in [2.24, 2.45) is 0 Å². The highest BCUT2D eigenvalue weighted by Gasteiger charge is 2.29. The average molecular weight is 478 g/mol. The Kier molecular flexibility index (Phi) is 7.51. The molecule has 0 spiro atoms. The van der Waals surface area contributed by atoms with E-state index in [9.17, 15) is 14.4 Å². The molecule has 4 rings (SSSR count). The zero-order valence-electron chi connectivity index (χ0n) is 20.1. The molecule has 2 N–H and O–H groups in total. The number of piperazine rings is 1. The minimum absolute atomic E-state index is 0.00508. The predicted molar refractivity (Wildman–Crippen MR) is 132 cm³/mol. The van der Waals surface area contributed by atoms with Gasteiger partial charge in [-0.3, -0.25) is 14.5 Å². The van der Waals surface area contributed by atoms with Gasteiger partial charge in [-0.05, 0) is 36.1 Å². The zero-order chi connectivity index (χ0) is 24.9. The van der Waals surface area contributed by atoms with E-state index in [1.54, 1.807) is 24.8 Å². The van der Waals surface area contributed by atoms with Gasteiger partial charge in [0.2, 0.25) is 5.91 Å². The Bertz CT molecular complexity index is 1090. The number of nitrogens with zero attached hydrogens (tertiary/aromatic N) is 2. The Hall–Kier alpha value is -3.65. The first-order chi connectivity index (χ1) is 16.9. The molecule has 1 aliphatic heterocycles. The molecule has 2 aromatic rings. The molecule has 35 heavy (non-hydrogen) atoms. The van der Waals surface area contributed by atoms with Gasteiger partial charge < -0.3 is 20.1 Å². The fraction of sp³-hybridized carbons (Fsp3) is 0.370. The maximum absolute atomic E-state index is 12.7. The highest BCUT2D eigenvalue weighted by atomic mass is 16.5. The van der Waals surface area contributed by atoms with Crippen molar-refractivity contribution < 1.29 is 24.2 Å². The molecule has 8 nitrogen and oxygen atoms in total. The Morgan fingerprint density at radius 1 is 1.03 bits per heavy atom. The Morgan fingerprint density at radius 3 is 2.17 bits per heavy atom. The molecule has 1 fully saturated rings. The van der Waals surface area contributed by atoms with Crippen molar-refractivity contribution in [3.63, 3.8) is 0 Å². The molecule has 1 heterocycles. The number of alkyl carbamates (subject to hydrolysis) is 1. The number of fused-ring (bicyclic) bond motifs is 3. The first kappa shape index (κ1) is 24.5. The van der Waals surface area contributed by atoms with Gasteiger partial charge >= 0.3 is 12.1 Å². The minimum atomic E-state index is -0.861. The summed E-state index contributed by atoms with van der Waals surface area (Å²) in [5.74, 6) is -0.975. The van der Waals surface area contributed by atoms with Gasteiger partial charge in [-0.25, -0.2) is 4.79 Å². The van der Waals surface area contributed by atoms with Gasteiger partial charge in [0.15, 0.2) is 0 Å². The predicted octanol–water partition coefficient (Wildman–Crippen LogP) is 3.09. The van der Waals surface area contributed by atoms with Crippen molar-refractivity contribution >= 4 is 18.0 Å². The van der Waals surface area contributed by atoms with Crippen LogP contribution in [0, 0.1) is 0 Å². The lowest BCUT2D eigenvalue weighted by molar-refractivity contribution is -0.143. The summed E-state index contributed by atoms with van der Waals surface area (Å²) in [6.45, 7) is 5.77. The largest absolute Gasteiger partial charge is 0.480 e. The van der Waals surface area contributed by atoms with Gasteiger partial charge in [-0.1, -0.05) is 54.6 Å². The highest BCUT2D eigenvalue weighted by Crippen LogP contribution is 2.44. The summed E-state index contributed by atoms with van der Waals surface area (Å²) in [7, 11) is 0. The van der Waals surface area contributed by atoms with E-state index in [1.807, 2.05) is 29.2 Å². The molecule has 0 saturated carbocycles. The Labute approximate surface area is 205 Å². The normalized spacial score (nSPS) is 16.9. The molecule has 8 heteroatoms. The van der Waals surface area contributed by atoms with Crippen LogP contribution in [0.2, 0.25) is 0 Å². The second-order valence-corrected chi connectivity index (χ2v) is 8.94. The van der Waals surface area contributed by atoms with E-state index < -0.39 is 18.1 Å². The molecule has 2 aliphatic rings. The maximum Gasteiger partial charge on any atom is 0.407 e. The molecule has 0 bridgehead atoms. The quantitative estimate of drug-likeness (QED) is 0.595. The number of hydrogen-bond acceptors (Lipinski definition) is 5. The fourth-order valence-corrected chi connectivity index (χ4v) is 4.74. The van der Waals surface area contributed by atoms with Crippen LogP contribution in [-0.4, -0.2) is 78.2 Å². The van der Waals surface area contributed by atoms with E-state index in [-0.39, 0.29) is 25.0 Å². The Balaban J connectivity index is 1.25. The lowest BCUT2D eigenvalue weighted by Gasteiger charge is -2.36. The molecule has 2 amide bonds. The standard InChI is InChI=1S/C27H31N3O5/c1-18(25(31)30-15-13-29(14-16-30)19(2)26(32)33)11-12-28-27(34)35-17-24-22-9-5-3-7-20(22)21-8-4-6-10-23(21)24/h3-11,19,24H,12-17H2,1-2H3,(H,28,34)(H,32,33)/b18-11+. The third-order valence-electron chi connectivity index (χ3n) is 6.84. The molecule has 1 unspecified atom stereocenters. The Morgan fingerprint density at radius 2 is 1.60 bits per heavy atom. The molecule has 1 saturated heterocycles. The molecular weight excluding hydrogens is 446 g/mol. The number of aliphatic carboxylic acids is 1. The second-order valence-electron chi connectivity index (χ2n) is 8.94. The zero-order valence-corrected chi connectivity index (χ0v) is 20.1. The lowest BCUT2D eigenvalue weighted by Crippen LogP contribution is -2.53. The van der Waals surface area contributed by atoms with Crippen molar-refractivity contribution in [2.75, 3.05) is 39.3 Å². The summed E-state index contributed by atoms with van der Waals surface area (Å²) in [5.41, 5.74) is 5.19. The van der Waals surface area contributed by atoms with Crippen LogP contribution in [0.15, 0.2) is 60.2 Å². The van der Waals surface area contributed by atoms with Crippen molar-refractivity contribution in [3.05, 3.63) is 71.3 Å². The number of amides is 2. The van der Waals surface area contributed by atoms with Gasteiger partial charge in [0.1, 0.15) is 12.6 Å². The smallest absolute Gasteiger partial charge is 0.407 e. The van der Waals surface area contributed by atoms with Crippen molar-refractivity contribution in [1.82, 2.24) is 15.1 Å². The van der Waals surface area contributed by atoms with E-state index in [0.29, 0.717) is 31.8 Å². The van der Waals surface area contributed by atoms with Gasteiger partial charge in [0.05, 0.1) is 0 Å². The van der Waals surface area contributed by atoms with Gasteiger partial charge in [-0.15, -0.1) is 0 Å². The van der Waals surface area contributed by atoms with Crippen LogP contribution in [-0.2, 0) is 14.3 Å². The number of carbonyl (C=O) groups is 3. The number of nitrogens with one attached hydrogen (secondary N) is 1. The van der Waals surface area contributed by atoms with Crippen molar-refractivity contribution in [1.29, 1.82) is 0 Å². The number of hydrogen-bond donors (Lipinski definition) is 2. The van der Waals surface area contributed by atoms with Gasteiger partial charge in [0, 0.05) is 44.2 Å². The van der Waals surface area contributed by atoms with Crippen LogP contribution < -0.4 is 5.32 Å². The summed E-state index contributed by atoms with van der Waals surface area (Å²) in [6.07, 6.45) is 1.15. The lowest BCUT2D eigenvalue weighted by atomic mass is 9.98. The van der Waals surface area contributed by atoms with Crippen molar-refractivity contribution in [2.45, 2.75) is 25.8 Å². The molecule has 0 radical (unpaired) electrons. The van der Waals surface area contributed by atoms with Crippen LogP contribution in [0.25, 0.3) is 11.1 Å². The SMILES string of the molecule is C/C(=C\CNC(=O)OCC1c2ccccc2-c2ccccc21)C(=O)N1CCN(C(C)C(=O)O)CC1. The number of carboxylic acids is 1. The number of carbonyl (C=O) groups excluding carboxylic acids is 2. The second kappa shape index (κ2) is 10.7. The van der Waals surface area contributed by atoms with Crippen LogP contribution >= 0.6 is 0 Å². The molecule has 1 aliphatic carbocycles. The highest BCUT2D eigenvalue weighted by molar-refractivity contribution is 5.93. The third-order valence-corrected chi connectivity index (χ3v) is 6.84. The van der Waals surface area contributed by atoms with E-state index in [0.717, 1.165) is 11.1 Å². The van der Waals surface area contributed by atoms with Gasteiger partial charge in [-0.2, -0.15) is 0 Å². The van der Waals surface area contributed by atoms with Crippen LogP contribution in [0.5, 0.6) is 0 Å².